The minimum atomic E-state index is -0.765. The lowest BCUT2D eigenvalue weighted by Crippen LogP contribution is -2.40. The molecule has 172 valence electrons. The number of nitrogens with zero attached hydrogens (tertiary/aromatic N) is 1. The molecule has 1 aliphatic heterocycles. The van der Waals surface area contributed by atoms with Gasteiger partial charge in [0.05, 0.1) is 17.4 Å². The number of hydrogen-bond acceptors (Lipinski definition) is 5. The molecule has 1 heterocycles. The minimum Gasteiger partial charge on any atom is -0.354 e. The molecule has 1 atom stereocenters. The Labute approximate surface area is 201 Å². The zero-order chi connectivity index (χ0) is 24.0. The number of carbonyl (C=O) groups is 4. The number of benzene rings is 2. The maximum absolute atomic E-state index is 13.0. The van der Waals surface area contributed by atoms with Crippen molar-refractivity contribution < 1.29 is 23.6 Å². The summed E-state index contributed by atoms with van der Waals surface area (Å²) in [5, 5.41) is 4.73. The van der Waals surface area contributed by atoms with E-state index in [2.05, 4.69) is 26.6 Å². The molecule has 3 rings (SSSR count). The van der Waals surface area contributed by atoms with Crippen LogP contribution in [-0.4, -0.2) is 41.1 Å². The summed E-state index contributed by atoms with van der Waals surface area (Å²) < 4.78 is 13.8. The highest BCUT2D eigenvalue weighted by Gasteiger charge is 2.34. The summed E-state index contributed by atoms with van der Waals surface area (Å²) >= 11 is 4.13. The van der Waals surface area contributed by atoms with Crippen LogP contribution in [0.4, 0.5) is 14.0 Å². The summed E-state index contributed by atoms with van der Waals surface area (Å²) in [4.78, 5) is 49.8. The van der Waals surface area contributed by atoms with E-state index in [9.17, 15) is 23.6 Å². The van der Waals surface area contributed by atoms with Gasteiger partial charge in [0.15, 0.2) is 0 Å². The van der Waals surface area contributed by atoms with Gasteiger partial charge >= 0.3 is 6.03 Å². The third kappa shape index (κ3) is 6.90. The van der Waals surface area contributed by atoms with Crippen molar-refractivity contribution in [3.05, 3.63) is 74.9 Å². The highest BCUT2D eigenvalue weighted by molar-refractivity contribution is 9.10. The van der Waals surface area contributed by atoms with Crippen LogP contribution in [-0.2, 0) is 9.59 Å². The van der Waals surface area contributed by atoms with E-state index in [4.69, 9.17) is 5.73 Å². The summed E-state index contributed by atoms with van der Waals surface area (Å²) in [5.74, 6) is -1.27. The zero-order valence-electron chi connectivity index (χ0n) is 17.2. The molecule has 2 aromatic carbocycles. The van der Waals surface area contributed by atoms with Crippen molar-refractivity contribution >= 4 is 56.9 Å². The lowest BCUT2D eigenvalue weighted by Gasteiger charge is -2.19. The number of urea groups is 1. The average molecular weight is 535 g/mol. The molecule has 8 nitrogen and oxygen atoms in total. The first-order chi connectivity index (χ1) is 15.7. The number of imide groups is 1. The number of thioether (sulfide) groups is 1. The van der Waals surface area contributed by atoms with E-state index in [0.717, 1.165) is 21.1 Å². The molecule has 0 spiro atoms. The number of nitrogens with two attached hydrogens (primary N) is 1. The van der Waals surface area contributed by atoms with Crippen molar-refractivity contribution in [2.24, 2.45) is 5.73 Å². The zero-order valence-corrected chi connectivity index (χ0v) is 19.6. The molecule has 0 unspecified atom stereocenters. The van der Waals surface area contributed by atoms with E-state index in [-0.39, 0.29) is 30.3 Å². The number of carbonyl (C=O) groups excluding carboxylic acids is 4. The molecular weight excluding hydrogens is 515 g/mol. The Morgan fingerprint density at radius 3 is 2.58 bits per heavy atom. The normalized spacial score (nSPS) is 15.6. The Morgan fingerprint density at radius 1 is 1.18 bits per heavy atom. The molecule has 0 radical (unpaired) electrons. The number of rotatable bonds is 8. The van der Waals surface area contributed by atoms with Gasteiger partial charge in [-0.15, -0.1) is 0 Å². The lowest BCUT2D eigenvalue weighted by atomic mass is 10.0. The van der Waals surface area contributed by atoms with Crippen LogP contribution in [0.15, 0.2) is 57.9 Å². The maximum atomic E-state index is 13.0. The van der Waals surface area contributed by atoms with E-state index in [1.165, 1.54) is 30.3 Å². The molecule has 0 saturated carbocycles. The van der Waals surface area contributed by atoms with Crippen LogP contribution in [0.1, 0.15) is 23.6 Å². The lowest BCUT2D eigenvalue weighted by molar-refractivity contribution is -0.124. The summed E-state index contributed by atoms with van der Waals surface area (Å²) in [6.07, 6.45) is 1.44. The van der Waals surface area contributed by atoms with Crippen LogP contribution in [0.5, 0.6) is 0 Å². The standard InChI is InChI=1S/C22H20BrFN4O4S/c23-15-3-1-2-14(11-15)17(27-21(25)31)12-19(29)26-8-9-28-20(30)18(33-22(28)32)10-13-4-6-16(24)7-5-13/h1-7,10-11,17H,8-9,12H2,(H,26,29)(H3,25,27,31)/b18-10-/t17-/m0/s1. The second kappa shape index (κ2) is 11.1. The fraction of sp³-hybridized carbons (Fsp3) is 0.182. The van der Waals surface area contributed by atoms with Crippen molar-refractivity contribution in [3.8, 4) is 0 Å². The highest BCUT2D eigenvalue weighted by Crippen LogP contribution is 2.32. The maximum Gasteiger partial charge on any atom is 0.312 e. The van der Waals surface area contributed by atoms with Gasteiger partial charge in [-0.3, -0.25) is 19.3 Å². The number of nitrogens with one attached hydrogen (secondary N) is 2. The van der Waals surface area contributed by atoms with Crippen LogP contribution < -0.4 is 16.4 Å². The van der Waals surface area contributed by atoms with E-state index < -0.39 is 29.0 Å². The summed E-state index contributed by atoms with van der Waals surface area (Å²) in [7, 11) is 0. The van der Waals surface area contributed by atoms with Crippen molar-refractivity contribution in [3.63, 3.8) is 0 Å². The third-order valence-corrected chi connectivity index (χ3v) is 6.06. The van der Waals surface area contributed by atoms with E-state index in [1.54, 1.807) is 18.2 Å². The smallest absolute Gasteiger partial charge is 0.312 e. The van der Waals surface area contributed by atoms with Gasteiger partial charge in [-0.25, -0.2) is 9.18 Å². The highest BCUT2D eigenvalue weighted by atomic mass is 79.9. The van der Waals surface area contributed by atoms with E-state index in [0.29, 0.717) is 11.1 Å². The molecule has 0 aliphatic carbocycles. The quantitative estimate of drug-likeness (QED) is 0.447. The predicted octanol–water partition coefficient (Wildman–Crippen LogP) is 3.54. The Bertz CT molecular complexity index is 1110. The van der Waals surface area contributed by atoms with Crippen molar-refractivity contribution in [1.29, 1.82) is 0 Å². The second-order valence-electron chi connectivity index (χ2n) is 7.06. The van der Waals surface area contributed by atoms with Gasteiger partial charge < -0.3 is 16.4 Å². The molecular formula is C22H20BrFN4O4S. The first-order valence-corrected chi connectivity index (χ1v) is 11.4. The number of hydrogen-bond donors (Lipinski definition) is 3. The van der Waals surface area contributed by atoms with Gasteiger partial charge in [-0.1, -0.05) is 40.2 Å². The van der Waals surface area contributed by atoms with Crippen LogP contribution in [0.25, 0.3) is 6.08 Å². The van der Waals surface area contributed by atoms with Gasteiger partial charge in [0.2, 0.25) is 5.91 Å². The van der Waals surface area contributed by atoms with Gasteiger partial charge in [-0.2, -0.15) is 0 Å². The molecule has 4 N–H and O–H groups in total. The summed E-state index contributed by atoms with van der Waals surface area (Å²) in [6.45, 7) is 0.0322. The van der Waals surface area contributed by atoms with Crippen molar-refractivity contribution in [2.45, 2.75) is 12.5 Å². The SMILES string of the molecule is NC(=O)N[C@@H](CC(=O)NCCN1C(=O)S/C(=C\c2ccc(F)cc2)C1=O)c1cccc(Br)c1. The summed E-state index contributed by atoms with van der Waals surface area (Å²) in [5.41, 5.74) is 6.52. The first kappa shape index (κ1) is 24.5. The monoisotopic (exact) mass is 534 g/mol. The van der Waals surface area contributed by atoms with Gasteiger partial charge in [0, 0.05) is 17.6 Å². The van der Waals surface area contributed by atoms with Gasteiger partial charge in [0.1, 0.15) is 5.82 Å². The second-order valence-corrected chi connectivity index (χ2v) is 8.96. The van der Waals surface area contributed by atoms with Crippen molar-refractivity contribution in [1.82, 2.24) is 15.5 Å². The molecule has 0 bridgehead atoms. The Morgan fingerprint density at radius 2 is 1.91 bits per heavy atom. The Balaban J connectivity index is 1.55. The average Bonchev–Trinajstić information content (AvgIpc) is 3.02. The molecule has 5 amide bonds. The largest absolute Gasteiger partial charge is 0.354 e. The first-order valence-electron chi connectivity index (χ1n) is 9.82. The number of halogens is 2. The molecule has 33 heavy (non-hydrogen) atoms. The number of primary amides is 1. The molecule has 1 aliphatic rings. The molecule has 11 heteroatoms. The topological polar surface area (TPSA) is 122 Å². The third-order valence-electron chi connectivity index (χ3n) is 4.66. The molecule has 1 saturated heterocycles. The van der Waals surface area contributed by atoms with E-state index in [1.807, 2.05) is 6.07 Å². The number of amides is 5. The van der Waals surface area contributed by atoms with Crippen molar-refractivity contribution in [2.75, 3.05) is 13.1 Å². The Kier molecular flexibility index (Phi) is 8.23. The minimum absolute atomic E-state index is 0.0119. The Hall–Kier alpha value is -3.18. The van der Waals surface area contributed by atoms with E-state index >= 15 is 0 Å². The predicted molar refractivity (Wildman–Crippen MR) is 126 cm³/mol. The van der Waals surface area contributed by atoms with Crippen LogP contribution in [0, 0.1) is 5.82 Å². The molecule has 2 aromatic rings. The van der Waals surface area contributed by atoms with Gasteiger partial charge in [0.25, 0.3) is 11.1 Å². The molecule has 0 aromatic heterocycles. The van der Waals surface area contributed by atoms with Gasteiger partial charge in [-0.05, 0) is 53.2 Å². The molecule has 1 fully saturated rings. The van der Waals surface area contributed by atoms with Crippen LogP contribution in [0.3, 0.4) is 0 Å². The van der Waals surface area contributed by atoms with Crippen LogP contribution in [0.2, 0.25) is 0 Å². The summed E-state index contributed by atoms with van der Waals surface area (Å²) in [6, 6.07) is 11.2. The van der Waals surface area contributed by atoms with Crippen LogP contribution >= 0.6 is 27.7 Å². The fourth-order valence-electron chi connectivity index (χ4n) is 3.12. The fourth-order valence-corrected chi connectivity index (χ4v) is 4.40.